The molecule has 0 radical (unpaired) electrons. The fourth-order valence-electron chi connectivity index (χ4n) is 2.61. The van der Waals surface area contributed by atoms with Crippen molar-refractivity contribution in [2.45, 2.75) is 18.8 Å². The summed E-state index contributed by atoms with van der Waals surface area (Å²) in [7, 11) is 0. The number of hydrogen-bond donors (Lipinski definition) is 0. The van der Waals surface area contributed by atoms with Gasteiger partial charge in [0.2, 0.25) is 0 Å². The van der Waals surface area contributed by atoms with Gasteiger partial charge in [-0.2, -0.15) is 0 Å². The van der Waals surface area contributed by atoms with E-state index in [0.29, 0.717) is 5.92 Å². The summed E-state index contributed by atoms with van der Waals surface area (Å²) in [5, 5.41) is 0. The second kappa shape index (κ2) is 5.93. The molecule has 0 aromatic carbocycles. The zero-order valence-corrected chi connectivity index (χ0v) is 11.1. The molecule has 98 valence electrons. The van der Waals surface area contributed by atoms with Gasteiger partial charge in [0.1, 0.15) is 0 Å². The molecular formula is C16H19N3. The Balaban J connectivity index is 1.38. The first-order chi connectivity index (χ1) is 9.42. The molecule has 0 bridgehead atoms. The smallest absolute Gasteiger partial charge is 0.0460 e. The Hall–Kier alpha value is -1.74. The lowest BCUT2D eigenvalue weighted by molar-refractivity contribution is 0.144. The minimum atomic E-state index is 0.639. The number of hydrogen-bond acceptors (Lipinski definition) is 3. The van der Waals surface area contributed by atoms with Crippen LogP contribution in [0.15, 0.2) is 48.9 Å². The van der Waals surface area contributed by atoms with E-state index >= 15 is 0 Å². The Morgan fingerprint density at radius 2 is 2.05 bits per heavy atom. The molecule has 0 amide bonds. The minimum absolute atomic E-state index is 0.639. The third-order valence-corrected chi connectivity index (χ3v) is 3.73. The second-order valence-electron chi connectivity index (χ2n) is 5.18. The van der Waals surface area contributed by atoms with E-state index in [1.807, 2.05) is 30.7 Å². The van der Waals surface area contributed by atoms with Crippen molar-refractivity contribution in [3.63, 3.8) is 0 Å². The van der Waals surface area contributed by atoms with Gasteiger partial charge >= 0.3 is 0 Å². The quantitative estimate of drug-likeness (QED) is 0.820. The van der Waals surface area contributed by atoms with Crippen molar-refractivity contribution in [1.82, 2.24) is 14.9 Å². The molecule has 0 spiro atoms. The van der Waals surface area contributed by atoms with Crippen molar-refractivity contribution in [1.29, 1.82) is 0 Å². The topological polar surface area (TPSA) is 29.0 Å². The summed E-state index contributed by atoms with van der Waals surface area (Å²) < 4.78 is 0. The molecule has 0 saturated carbocycles. The molecule has 3 nitrogen and oxygen atoms in total. The van der Waals surface area contributed by atoms with Gasteiger partial charge in [0.15, 0.2) is 0 Å². The van der Waals surface area contributed by atoms with Crippen molar-refractivity contribution in [3.05, 3.63) is 60.2 Å². The van der Waals surface area contributed by atoms with Crippen LogP contribution in [0.2, 0.25) is 0 Å². The molecule has 3 rings (SSSR count). The molecule has 3 heteroatoms. The molecule has 0 atom stereocenters. The maximum Gasteiger partial charge on any atom is 0.0460 e. The molecular weight excluding hydrogens is 234 g/mol. The predicted octanol–water partition coefficient (Wildman–Crippen LogP) is 2.51. The first-order valence-corrected chi connectivity index (χ1v) is 6.94. The van der Waals surface area contributed by atoms with Gasteiger partial charge in [-0.1, -0.05) is 12.1 Å². The van der Waals surface area contributed by atoms with Crippen LogP contribution < -0.4 is 0 Å². The van der Waals surface area contributed by atoms with Crippen LogP contribution in [0.25, 0.3) is 0 Å². The average molecular weight is 253 g/mol. The highest BCUT2D eigenvalue weighted by Gasteiger charge is 2.27. The number of nitrogens with zero attached hydrogens (tertiary/aromatic N) is 3. The molecule has 1 aliphatic heterocycles. The summed E-state index contributed by atoms with van der Waals surface area (Å²) in [5.41, 5.74) is 2.58. The Bertz CT molecular complexity index is 492. The van der Waals surface area contributed by atoms with Crippen LogP contribution in [0.1, 0.15) is 23.6 Å². The van der Waals surface area contributed by atoms with Gasteiger partial charge in [-0.25, -0.2) is 0 Å². The first kappa shape index (κ1) is 12.3. The van der Waals surface area contributed by atoms with Crippen LogP contribution >= 0.6 is 0 Å². The lowest BCUT2D eigenvalue weighted by atomic mass is 9.95. The molecule has 2 aromatic heterocycles. The van der Waals surface area contributed by atoms with Gasteiger partial charge < -0.3 is 4.90 Å². The maximum atomic E-state index is 4.43. The molecule has 0 aliphatic carbocycles. The molecule has 2 aromatic rings. The van der Waals surface area contributed by atoms with E-state index in [9.17, 15) is 0 Å². The van der Waals surface area contributed by atoms with E-state index in [2.05, 4.69) is 33.1 Å². The molecule has 0 unspecified atom stereocenters. The Labute approximate surface area is 114 Å². The normalized spacial score (nSPS) is 16.2. The number of pyridine rings is 2. The highest BCUT2D eigenvalue weighted by Crippen LogP contribution is 2.25. The fourth-order valence-corrected chi connectivity index (χ4v) is 2.61. The van der Waals surface area contributed by atoms with E-state index in [0.717, 1.165) is 19.5 Å². The highest BCUT2D eigenvalue weighted by molar-refractivity contribution is 5.14. The molecule has 1 saturated heterocycles. The summed E-state index contributed by atoms with van der Waals surface area (Å²) in [6, 6.07) is 10.4. The van der Waals surface area contributed by atoms with Gasteiger partial charge in [0, 0.05) is 43.3 Å². The largest absolute Gasteiger partial charge is 0.302 e. The van der Waals surface area contributed by atoms with E-state index in [1.165, 1.54) is 24.2 Å². The highest BCUT2D eigenvalue weighted by atomic mass is 15.2. The van der Waals surface area contributed by atoms with E-state index < -0.39 is 0 Å². The van der Waals surface area contributed by atoms with E-state index in [4.69, 9.17) is 0 Å². The standard InChI is InChI=1S/C16H19N3/c1-2-9-18-16(7-1)15-12-19(13-15)10-4-6-14-5-3-8-17-11-14/h1-3,5,7-9,11,15H,4,6,10,12-13H2. The SMILES string of the molecule is c1ccc(C2CN(CCCc3cccnc3)C2)nc1. The number of aromatic nitrogens is 2. The van der Waals surface area contributed by atoms with Crippen molar-refractivity contribution in [3.8, 4) is 0 Å². The molecule has 1 fully saturated rings. The summed E-state index contributed by atoms with van der Waals surface area (Å²) in [4.78, 5) is 11.1. The van der Waals surface area contributed by atoms with Crippen molar-refractivity contribution in [2.75, 3.05) is 19.6 Å². The van der Waals surface area contributed by atoms with Gasteiger partial charge in [-0.15, -0.1) is 0 Å². The summed E-state index contributed by atoms with van der Waals surface area (Å²) in [6.45, 7) is 3.49. The number of likely N-dealkylation sites (tertiary alicyclic amines) is 1. The summed E-state index contributed by atoms with van der Waals surface area (Å²) in [6.07, 6.45) is 8.02. The second-order valence-corrected chi connectivity index (χ2v) is 5.18. The lowest BCUT2D eigenvalue weighted by Crippen LogP contribution is -2.45. The van der Waals surface area contributed by atoms with Crippen LogP contribution in [0.4, 0.5) is 0 Å². The van der Waals surface area contributed by atoms with Crippen LogP contribution in [-0.2, 0) is 6.42 Å². The van der Waals surface area contributed by atoms with Gasteiger partial charge in [0.25, 0.3) is 0 Å². The van der Waals surface area contributed by atoms with E-state index in [1.54, 1.807) is 0 Å². The van der Waals surface area contributed by atoms with Crippen molar-refractivity contribution < 1.29 is 0 Å². The monoisotopic (exact) mass is 253 g/mol. The lowest BCUT2D eigenvalue weighted by Gasteiger charge is -2.39. The molecule has 3 heterocycles. The molecule has 19 heavy (non-hydrogen) atoms. The van der Waals surface area contributed by atoms with Gasteiger partial charge in [-0.05, 0) is 43.1 Å². The Morgan fingerprint density at radius 1 is 1.11 bits per heavy atom. The van der Waals surface area contributed by atoms with Crippen molar-refractivity contribution in [2.24, 2.45) is 0 Å². The minimum Gasteiger partial charge on any atom is -0.302 e. The van der Waals surface area contributed by atoms with Crippen LogP contribution in [-0.4, -0.2) is 34.5 Å². The Kier molecular flexibility index (Phi) is 3.84. The third kappa shape index (κ3) is 3.18. The van der Waals surface area contributed by atoms with Crippen molar-refractivity contribution >= 4 is 0 Å². The average Bonchev–Trinajstić information content (AvgIpc) is 2.43. The van der Waals surface area contributed by atoms with Gasteiger partial charge in [0.05, 0.1) is 0 Å². The summed E-state index contributed by atoms with van der Waals surface area (Å²) in [5.74, 6) is 0.639. The number of aryl methyl sites for hydroxylation is 1. The summed E-state index contributed by atoms with van der Waals surface area (Å²) >= 11 is 0. The zero-order chi connectivity index (χ0) is 12.9. The van der Waals surface area contributed by atoms with E-state index in [-0.39, 0.29) is 0 Å². The maximum absolute atomic E-state index is 4.43. The third-order valence-electron chi connectivity index (χ3n) is 3.73. The fraction of sp³-hybridized carbons (Fsp3) is 0.375. The zero-order valence-electron chi connectivity index (χ0n) is 11.1. The van der Waals surface area contributed by atoms with Crippen LogP contribution in [0, 0.1) is 0 Å². The molecule has 1 aliphatic rings. The Morgan fingerprint density at radius 3 is 2.79 bits per heavy atom. The first-order valence-electron chi connectivity index (χ1n) is 6.94. The van der Waals surface area contributed by atoms with Crippen LogP contribution in [0.3, 0.4) is 0 Å². The number of rotatable bonds is 5. The predicted molar refractivity (Wildman–Crippen MR) is 76.0 cm³/mol. The molecule has 0 N–H and O–H groups in total. The van der Waals surface area contributed by atoms with Crippen LogP contribution in [0.5, 0.6) is 0 Å². The van der Waals surface area contributed by atoms with Gasteiger partial charge in [-0.3, -0.25) is 9.97 Å².